The molecular weight excluding hydrogens is 396 g/mol. The minimum atomic E-state index is -4.78. The van der Waals surface area contributed by atoms with Gasteiger partial charge in [0.25, 0.3) is 0 Å². The van der Waals surface area contributed by atoms with Crippen LogP contribution < -0.4 is 14.8 Å². The van der Waals surface area contributed by atoms with Crippen molar-refractivity contribution in [3.8, 4) is 11.5 Å². The molecule has 0 aliphatic heterocycles. The van der Waals surface area contributed by atoms with E-state index in [-0.39, 0.29) is 19.7 Å². The van der Waals surface area contributed by atoms with Crippen molar-refractivity contribution < 1.29 is 36.9 Å². The Labute approximate surface area is 164 Å². The van der Waals surface area contributed by atoms with E-state index in [9.17, 15) is 27.5 Å². The monoisotopic (exact) mass is 416 g/mol. The molecule has 1 unspecified atom stereocenters. The van der Waals surface area contributed by atoms with Gasteiger partial charge < -0.3 is 19.9 Å². The predicted octanol–water partition coefficient (Wildman–Crippen LogP) is 3.03. The molecule has 158 valence electrons. The number of hydrogen-bond acceptors (Lipinski definition) is 5. The fraction of sp³-hybridized carbons (Fsp3) is 0.316. The first-order valence-corrected chi connectivity index (χ1v) is 8.51. The fourth-order valence-electron chi connectivity index (χ4n) is 2.39. The lowest BCUT2D eigenvalue weighted by Crippen LogP contribution is -2.37. The Morgan fingerprint density at radius 2 is 1.69 bits per heavy atom. The van der Waals surface area contributed by atoms with Gasteiger partial charge in [0.05, 0.1) is 6.54 Å². The Balaban J connectivity index is 1.73. The van der Waals surface area contributed by atoms with E-state index in [1.54, 1.807) is 11.9 Å². The molecule has 0 saturated heterocycles. The Bertz CT molecular complexity index is 782. The van der Waals surface area contributed by atoms with Gasteiger partial charge in [0, 0.05) is 12.2 Å². The SMILES string of the molecule is CN(CC(=O)Nc1ccc(OC(F)(F)F)cc1)CC(O)COc1ccc(F)cc1. The molecule has 0 heterocycles. The van der Waals surface area contributed by atoms with Gasteiger partial charge in [0.2, 0.25) is 5.91 Å². The number of aliphatic hydroxyl groups is 1. The zero-order valence-electron chi connectivity index (χ0n) is 15.4. The van der Waals surface area contributed by atoms with Crippen LogP contribution >= 0.6 is 0 Å². The first kappa shape index (κ1) is 22.4. The van der Waals surface area contributed by atoms with Crippen LogP contribution in [0.5, 0.6) is 11.5 Å². The largest absolute Gasteiger partial charge is 0.573 e. The highest BCUT2D eigenvalue weighted by atomic mass is 19.4. The second-order valence-electron chi connectivity index (χ2n) is 6.24. The summed E-state index contributed by atoms with van der Waals surface area (Å²) in [5.41, 5.74) is 0.304. The number of carbonyl (C=O) groups is 1. The molecule has 2 aromatic rings. The number of halogens is 4. The van der Waals surface area contributed by atoms with Crippen molar-refractivity contribution in [2.24, 2.45) is 0 Å². The molecule has 0 spiro atoms. The first-order chi connectivity index (χ1) is 13.6. The van der Waals surface area contributed by atoms with Gasteiger partial charge in [-0.3, -0.25) is 9.69 Å². The Kier molecular flexibility index (Phi) is 7.80. The standard InChI is InChI=1S/C19H20F4N2O4/c1-25(10-15(26)12-28-16-6-2-13(20)3-7-16)11-18(27)24-14-4-8-17(9-5-14)29-19(21,22)23/h2-9,15,26H,10-12H2,1H3,(H,24,27). The number of anilines is 1. The fourth-order valence-corrected chi connectivity index (χ4v) is 2.39. The number of benzene rings is 2. The normalized spacial score (nSPS) is 12.5. The summed E-state index contributed by atoms with van der Waals surface area (Å²) in [6, 6.07) is 10.1. The highest BCUT2D eigenvalue weighted by Gasteiger charge is 2.30. The van der Waals surface area contributed by atoms with Gasteiger partial charge in [-0.2, -0.15) is 0 Å². The quantitative estimate of drug-likeness (QED) is 0.615. The van der Waals surface area contributed by atoms with Crippen LogP contribution in [0, 0.1) is 5.82 Å². The summed E-state index contributed by atoms with van der Waals surface area (Å²) in [5.74, 6) is -0.796. The zero-order chi connectivity index (χ0) is 21.4. The van der Waals surface area contributed by atoms with Crippen molar-refractivity contribution in [1.82, 2.24) is 4.90 Å². The lowest BCUT2D eigenvalue weighted by Gasteiger charge is -2.20. The Hall–Kier alpha value is -2.85. The molecule has 1 amide bonds. The van der Waals surface area contributed by atoms with Crippen molar-refractivity contribution >= 4 is 11.6 Å². The van der Waals surface area contributed by atoms with Gasteiger partial charge in [0.1, 0.15) is 30.0 Å². The molecule has 0 saturated carbocycles. The van der Waals surface area contributed by atoms with E-state index in [2.05, 4.69) is 10.1 Å². The zero-order valence-corrected chi connectivity index (χ0v) is 15.4. The molecule has 0 radical (unpaired) electrons. The lowest BCUT2D eigenvalue weighted by atomic mass is 10.3. The average Bonchev–Trinajstić information content (AvgIpc) is 2.61. The highest BCUT2D eigenvalue weighted by molar-refractivity contribution is 5.92. The van der Waals surface area contributed by atoms with Crippen LogP contribution in [0.1, 0.15) is 0 Å². The maximum absolute atomic E-state index is 12.8. The lowest BCUT2D eigenvalue weighted by molar-refractivity contribution is -0.274. The molecule has 0 fully saturated rings. The van der Waals surface area contributed by atoms with E-state index in [1.165, 1.54) is 36.4 Å². The summed E-state index contributed by atoms with van der Waals surface area (Å²) in [6.07, 6.45) is -5.67. The second kappa shape index (κ2) is 10.1. The van der Waals surface area contributed by atoms with Crippen LogP contribution in [0.4, 0.5) is 23.2 Å². The molecule has 0 bridgehead atoms. The van der Waals surface area contributed by atoms with Gasteiger partial charge in [-0.1, -0.05) is 0 Å². The third kappa shape index (κ3) is 8.79. The van der Waals surface area contributed by atoms with Crippen molar-refractivity contribution in [2.75, 3.05) is 32.1 Å². The number of hydrogen-bond donors (Lipinski definition) is 2. The number of alkyl halides is 3. The van der Waals surface area contributed by atoms with Crippen LogP contribution in [0.15, 0.2) is 48.5 Å². The van der Waals surface area contributed by atoms with E-state index in [0.29, 0.717) is 11.4 Å². The molecule has 1 atom stereocenters. The average molecular weight is 416 g/mol. The summed E-state index contributed by atoms with van der Waals surface area (Å²) in [4.78, 5) is 13.6. The third-order valence-corrected chi connectivity index (χ3v) is 3.56. The molecule has 0 aliphatic rings. The summed E-state index contributed by atoms with van der Waals surface area (Å²) >= 11 is 0. The first-order valence-electron chi connectivity index (χ1n) is 8.51. The molecule has 6 nitrogen and oxygen atoms in total. The minimum Gasteiger partial charge on any atom is -0.491 e. The second-order valence-corrected chi connectivity index (χ2v) is 6.24. The molecular formula is C19H20F4N2O4. The van der Waals surface area contributed by atoms with Gasteiger partial charge >= 0.3 is 6.36 Å². The van der Waals surface area contributed by atoms with E-state index >= 15 is 0 Å². The van der Waals surface area contributed by atoms with Crippen molar-refractivity contribution in [1.29, 1.82) is 0 Å². The molecule has 2 N–H and O–H groups in total. The van der Waals surface area contributed by atoms with Crippen LogP contribution in [-0.2, 0) is 4.79 Å². The van der Waals surface area contributed by atoms with E-state index in [1.807, 2.05) is 0 Å². The number of nitrogens with one attached hydrogen (secondary N) is 1. The molecule has 2 aromatic carbocycles. The van der Waals surface area contributed by atoms with E-state index in [0.717, 1.165) is 12.1 Å². The van der Waals surface area contributed by atoms with Crippen LogP contribution in [-0.4, -0.2) is 55.1 Å². The summed E-state index contributed by atoms with van der Waals surface area (Å²) < 4.78 is 58.3. The van der Waals surface area contributed by atoms with Crippen molar-refractivity contribution in [3.05, 3.63) is 54.3 Å². The number of ether oxygens (including phenoxy) is 2. The molecule has 10 heteroatoms. The van der Waals surface area contributed by atoms with Gasteiger partial charge in [0.15, 0.2) is 0 Å². The molecule has 0 aliphatic carbocycles. The third-order valence-electron chi connectivity index (χ3n) is 3.56. The Morgan fingerprint density at radius 1 is 1.10 bits per heavy atom. The van der Waals surface area contributed by atoms with E-state index in [4.69, 9.17) is 4.74 Å². The number of aliphatic hydroxyl groups excluding tert-OH is 1. The topological polar surface area (TPSA) is 71.0 Å². The predicted molar refractivity (Wildman–Crippen MR) is 97.2 cm³/mol. The van der Waals surface area contributed by atoms with Gasteiger partial charge in [-0.15, -0.1) is 13.2 Å². The molecule has 2 rings (SSSR count). The maximum Gasteiger partial charge on any atom is 0.573 e. The Morgan fingerprint density at radius 3 is 2.28 bits per heavy atom. The number of amides is 1. The van der Waals surface area contributed by atoms with Crippen LogP contribution in [0.3, 0.4) is 0 Å². The number of carbonyl (C=O) groups excluding carboxylic acids is 1. The summed E-state index contributed by atoms with van der Waals surface area (Å²) in [7, 11) is 1.61. The van der Waals surface area contributed by atoms with Crippen molar-refractivity contribution in [3.63, 3.8) is 0 Å². The van der Waals surface area contributed by atoms with Gasteiger partial charge in [-0.05, 0) is 55.6 Å². The van der Waals surface area contributed by atoms with Gasteiger partial charge in [-0.25, -0.2) is 4.39 Å². The highest BCUT2D eigenvalue weighted by Crippen LogP contribution is 2.23. The number of nitrogens with zero attached hydrogens (tertiary/aromatic N) is 1. The van der Waals surface area contributed by atoms with Crippen LogP contribution in [0.25, 0.3) is 0 Å². The molecule has 0 aromatic heterocycles. The summed E-state index contributed by atoms with van der Waals surface area (Å²) in [5, 5.41) is 12.5. The van der Waals surface area contributed by atoms with Crippen molar-refractivity contribution in [2.45, 2.75) is 12.5 Å². The number of likely N-dealkylation sites (N-methyl/N-ethyl adjacent to an activating group) is 1. The van der Waals surface area contributed by atoms with E-state index < -0.39 is 29.9 Å². The summed E-state index contributed by atoms with van der Waals surface area (Å²) in [6.45, 7) is 0.0274. The molecule has 29 heavy (non-hydrogen) atoms. The smallest absolute Gasteiger partial charge is 0.491 e. The minimum absolute atomic E-state index is 0.0434. The number of rotatable bonds is 9. The maximum atomic E-state index is 12.8. The van der Waals surface area contributed by atoms with Crippen LogP contribution in [0.2, 0.25) is 0 Å².